The van der Waals surface area contributed by atoms with E-state index in [2.05, 4.69) is 11.4 Å². The lowest BCUT2D eigenvalue weighted by molar-refractivity contribution is -0.121. The van der Waals surface area contributed by atoms with E-state index < -0.39 is 11.6 Å². The molecular formula is C16H19N3O2. The number of urea groups is 1. The molecule has 1 saturated heterocycles. The van der Waals surface area contributed by atoms with Crippen LogP contribution in [-0.4, -0.2) is 17.5 Å². The van der Waals surface area contributed by atoms with E-state index in [1.807, 2.05) is 20.8 Å². The highest BCUT2D eigenvalue weighted by molar-refractivity contribution is 6.23. The van der Waals surface area contributed by atoms with Crippen LogP contribution in [0.25, 0.3) is 0 Å². The molecule has 0 atom stereocenters. The van der Waals surface area contributed by atoms with E-state index in [1.165, 1.54) is 0 Å². The first-order valence-corrected chi connectivity index (χ1v) is 6.79. The van der Waals surface area contributed by atoms with E-state index in [1.54, 1.807) is 32.0 Å². The minimum Gasteiger partial charge on any atom is -0.323 e. The smallest absolute Gasteiger partial charge is 0.323 e. The van der Waals surface area contributed by atoms with Gasteiger partial charge in [0, 0.05) is 0 Å². The number of rotatable bonds is 1. The van der Waals surface area contributed by atoms with Gasteiger partial charge in [-0.3, -0.25) is 4.79 Å². The van der Waals surface area contributed by atoms with Crippen LogP contribution in [0.1, 0.15) is 45.7 Å². The average molecular weight is 285 g/mol. The van der Waals surface area contributed by atoms with Gasteiger partial charge in [0.25, 0.3) is 5.91 Å². The molecule has 0 radical (unpaired) electrons. The molecule has 0 unspecified atom stereocenters. The fourth-order valence-corrected chi connectivity index (χ4v) is 2.37. The second-order valence-corrected chi connectivity index (χ2v) is 6.79. The van der Waals surface area contributed by atoms with Crippen molar-refractivity contribution < 1.29 is 9.59 Å². The quantitative estimate of drug-likeness (QED) is 0.806. The summed E-state index contributed by atoms with van der Waals surface area (Å²) in [6.45, 7) is 9.30. The van der Waals surface area contributed by atoms with E-state index in [9.17, 15) is 14.9 Å². The van der Waals surface area contributed by atoms with Crippen molar-refractivity contribution in [2.24, 2.45) is 0 Å². The summed E-state index contributed by atoms with van der Waals surface area (Å²) in [5, 5.41) is 11.9. The van der Waals surface area contributed by atoms with Crippen molar-refractivity contribution in [2.45, 2.75) is 45.6 Å². The Balaban J connectivity index is 2.55. The molecule has 1 heterocycles. The zero-order valence-corrected chi connectivity index (χ0v) is 12.9. The maximum Gasteiger partial charge on any atom is 0.329 e. The predicted molar refractivity (Wildman–Crippen MR) is 80.0 cm³/mol. The van der Waals surface area contributed by atoms with Crippen LogP contribution in [0.4, 0.5) is 10.5 Å². The number of carbonyl (C=O) groups excluding carboxylic acids is 2. The summed E-state index contributed by atoms with van der Waals surface area (Å²) in [5.41, 5.74) is 0.695. The molecule has 0 aromatic heterocycles. The van der Waals surface area contributed by atoms with Crippen LogP contribution in [0.3, 0.4) is 0 Å². The molecule has 0 saturated carbocycles. The highest BCUT2D eigenvalue weighted by Crippen LogP contribution is 2.32. The number of anilines is 1. The third kappa shape index (κ3) is 2.49. The van der Waals surface area contributed by atoms with E-state index in [0.717, 1.165) is 10.5 Å². The first kappa shape index (κ1) is 15.0. The summed E-state index contributed by atoms with van der Waals surface area (Å²) in [6.07, 6.45) is 0. The topological polar surface area (TPSA) is 73.2 Å². The fraction of sp³-hybridized carbons (Fsp3) is 0.438. The Morgan fingerprint density at radius 1 is 1.24 bits per heavy atom. The van der Waals surface area contributed by atoms with E-state index in [0.29, 0.717) is 11.3 Å². The van der Waals surface area contributed by atoms with Crippen molar-refractivity contribution >= 4 is 17.6 Å². The Hall–Kier alpha value is -2.35. The molecular weight excluding hydrogens is 266 g/mol. The van der Waals surface area contributed by atoms with Crippen molar-refractivity contribution in [1.29, 1.82) is 5.26 Å². The number of nitriles is 1. The second kappa shape index (κ2) is 4.59. The van der Waals surface area contributed by atoms with Gasteiger partial charge >= 0.3 is 6.03 Å². The lowest BCUT2D eigenvalue weighted by Gasteiger charge is -2.23. The summed E-state index contributed by atoms with van der Waals surface area (Å²) in [6, 6.07) is 6.75. The molecule has 1 aliphatic heterocycles. The molecule has 1 fully saturated rings. The van der Waals surface area contributed by atoms with Gasteiger partial charge in [0.15, 0.2) is 0 Å². The number of benzene rings is 1. The lowest BCUT2D eigenvalue weighted by Crippen LogP contribution is -2.40. The Morgan fingerprint density at radius 2 is 1.86 bits per heavy atom. The maximum absolute atomic E-state index is 12.3. The van der Waals surface area contributed by atoms with Gasteiger partial charge in [-0.05, 0) is 43.0 Å². The SMILES string of the molecule is CC1(C)NC(=O)N(c2ccc(C#N)c(C(C)(C)C)c2)C1=O. The van der Waals surface area contributed by atoms with Gasteiger partial charge in [0.05, 0.1) is 17.3 Å². The summed E-state index contributed by atoms with van der Waals surface area (Å²) in [5.74, 6) is -0.294. The molecule has 1 aromatic rings. The molecule has 5 heteroatoms. The Labute approximate surface area is 124 Å². The monoisotopic (exact) mass is 285 g/mol. The number of hydrogen-bond donors (Lipinski definition) is 1. The van der Waals surface area contributed by atoms with Crippen LogP contribution < -0.4 is 10.2 Å². The first-order chi connectivity index (χ1) is 9.58. The third-order valence-electron chi connectivity index (χ3n) is 3.55. The van der Waals surface area contributed by atoms with Crippen LogP contribution in [0.5, 0.6) is 0 Å². The minimum atomic E-state index is -0.910. The number of imide groups is 1. The molecule has 1 N–H and O–H groups in total. The molecule has 0 bridgehead atoms. The van der Waals surface area contributed by atoms with Crippen LogP contribution in [0.2, 0.25) is 0 Å². The number of carbonyl (C=O) groups is 2. The van der Waals surface area contributed by atoms with Crippen molar-refractivity contribution in [3.63, 3.8) is 0 Å². The van der Waals surface area contributed by atoms with E-state index >= 15 is 0 Å². The fourth-order valence-electron chi connectivity index (χ4n) is 2.37. The van der Waals surface area contributed by atoms with Gasteiger partial charge in [-0.25, -0.2) is 9.69 Å². The molecule has 3 amide bonds. The van der Waals surface area contributed by atoms with Gasteiger partial charge in [0.1, 0.15) is 5.54 Å². The number of nitrogens with zero attached hydrogens (tertiary/aromatic N) is 2. The molecule has 0 aliphatic carbocycles. The largest absolute Gasteiger partial charge is 0.329 e. The van der Waals surface area contributed by atoms with Gasteiger partial charge in [-0.2, -0.15) is 5.26 Å². The standard InChI is InChI=1S/C16H19N3O2/c1-15(2,3)12-8-11(7-6-10(12)9-17)19-13(20)16(4,5)18-14(19)21/h6-8H,1-5H3,(H,18,21). The number of hydrogen-bond acceptors (Lipinski definition) is 3. The molecule has 2 rings (SSSR count). The normalized spacial score (nSPS) is 17.6. The van der Waals surface area contributed by atoms with Crippen molar-refractivity contribution in [1.82, 2.24) is 5.32 Å². The van der Waals surface area contributed by atoms with Gasteiger partial charge in [-0.15, -0.1) is 0 Å². The zero-order chi connectivity index (χ0) is 16.0. The second-order valence-electron chi connectivity index (χ2n) is 6.79. The Kier molecular flexibility index (Phi) is 3.29. The maximum atomic E-state index is 12.3. The minimum absolute atomic E-state index is 0.254. The van der Waals surface area contributed by atoms with Crippen LogP contribution >= 0.6 is 0 Å². The molecule has 1 aromatic carbocycles. The van der Waals surface area contributed by atoms with Crippen molar-refractivity contribution in [3.8, 4) is 6.07 Å². The molecule has 0 spiro atoms. The summed E-state index contributed by atoms with van der Waals surface area (Å²) >= 11 is 0. The van der Waals surface area contributed by atoms with E-state index in [-0.39, 0.29) is 11.3 Å². The zero-order valence-electron chi connectivity index (χ0n) is 12.9. The third-order valence-corrected chi connectivity index (χ3v) is 3.55. The summed E-state index contributed by atoms with van der Waals surface area (Å²) in [7, 11) is 0. The molecule has 110 valence electrons. The van der Waals surface area contributed by atoms with Gasteiger partial charge in [-0.1, -0.05) is 20.8 Å². The average Bonchev–Trinajstić information content (AvgIpc) is 2.56. The van der Waals surface area contributed by atoms with Crippen molar-refractivity contribution in [3.05, 3.63) is 29.3 Å². The highest BCUT2D eigenvalue weighted by atomic mass is 16.2. The molecule has 5 nitrogen and oxygen atoms in total. The Bertz CT molecular complexity index is 663. The first-order valence-electron chi connectivity index (χ1n) is 6.79. The van der Waals surface area contributed by atoms with Gasteiger partial charge < -0.3 is 5.32 Å². The predicted octanol–water partition coefficient (Wildman–Crippen LogP) is 2.69. The van der Waals surface area contributed by atoms with Crippen LogP contribution in [-0.2, 0) is 10.2 Å². The summed E-state index contributed by atoms with van der Waals surface area (Å²) < 4.78 is 0. The van der Waals surface area contributed by atoms with Crippen LogP contribution in [0.15, 0.2) is 18.2 Å². The highest BCUT2D eigenvalue weighted by Gasteiger charge is 2.45. The number of amides is 3. The van der Waals surface area contributed by atoms with Gasteiger partial charge in [0.2, 0.25) is 0 Å². The molecule has 1 aliphatic rings. The Morgan fingerprint density at radius 3 is 2.29 bits per heavy atom. The van der Waals surface area contributed by atoms with E-state index in [4.69, 9.17) is 0 Å². The summed E-state index contributed by atoms with van der Waals surface area (Å²) in [4.78, 5) is 25.5. The number of nitrogens with one attached hydrogen (secondary N) is 1. The van der Waals surface area contributed by atoms with Crippen molar-refractivity contribution in [2.75, 3.05) is 4.90 Å². The van der Waals surface area contributed by atoms with Crippen LogP contribution in [0, 0.1) is 11.3 Å². The molecule has 21 heavy (non-hydrogen) atoms. The lowest BCUT2D eigenvalue weighted by atomic mass is 9.83.